The Bertz CT molecular complexity index is 849. The standard InChI is InChI=1S/C22H22NOP/c24-25(19-12-3-1-4-13-19,20-14-5-2-6-15-20)23-22-17-9-11-18-10-7-8-16-21(18)22/h1-8,10,12-16,22H,9,11,17H2,(H,23,24)/t22-/m1/s1. The van der Waals surface area contributed by atoms with Gasteiger partial charge in [0.2, 0.25) is 7.29 Å². The first-order valence-corrected chi connectivity index (χ1v) is 10.5. The van der Waals surface area contributed by atoms with Crippen LogP contribution in [0.25, 0.3) is 0 Å². The van der Waals surface area contributed by atoms with E-state index in [-0.39, 0.29) is 6.04 Å². The molecule has 4 rings (SSSR count). The van der Waals surface area contributed by atoms with Crippen LogP contribution in [0.2, 0.25) is 0 Å². The van der Waals surface area contributed by atoms with E-state index in [0.717, 1.165) is 29.9 Å². The third kappa shape index (κ3) is 3.20. The van der Waals surface area contributed by atoms with Crippen molar-refractivity contribution in [3.05, 3.63) is 96.1 Å². The molecule has 3 aromatic carbocycles. The zero-order valence-electron chi connectivity index (χ0n) is 14.1. The fourth-order valence-electron chi connectivity index (χ4n) is 3.68. The molecule has 1 aliphatic rings. The van der Waals surface area contributed by atoms with Crippen molar-refractivity contribution in [1.82, 2.24) is 5.09 Å². The molecule has 0 spiro atoms. The predicted octanol–water partition coefficient (Wildman–Crippen LogP) is 4.58. The third-order valence-corrected chi connectivity index (χ3v) is 7.67. The Morgan fingerprint density at radius 2 is 1.32 bits per heavy atom. The highest BCUT2D eigenvalue weighted by molar-refractivity contribution is 7.76. The summed E-state index contributed by atoms with van der Waals surface area (Å²) in [6.07, 6.45) is 3.24. The van der Waals surface area contributed by atoms with Gasteiger partial charge >= 0.3 is 0 Å². The van der Waals surface area contributed by atoms with E-state index in [1.54, 1.807) is 0 Å². The van der Waals surface area contributed by atoms with Crippen LogP contribution in [0.5, 0.6) is 0 Å². The first-order valence-electron chi connectivity index (χ1n) is 8.84. The lowest BCUT2D eigenvalue weighted by molar-refractivity contribution is 0.514. The summed E-state index contributed by atoms with van der Waals surface area (Å²) in [5.41, 5.74) is 2.67. The van der Waals surface area contributed by atoms with Crippen LogP contribution in [0.3, 0.4) is 0 Å². The Hall–Kier alpha value is -2.15. The van der Waals surface area contributed by atoms with Gasteiger partial charge in [-0.25, -0.2) is 0 Å². The number of nitrogens with one attached hydrogen (secondary N) is 1. The van der Waals surface area contributed by atoms with Crippen molar-refractivity contribution in [2.24, 2.45) is 0 Å². The third-order valence-electron chi connectivity index (χ3n) is 4.95. The van der Waals surface area contributed by atoms with Crippen molar-refractivity contribution in [2.45, 2.75) is 25.3 Å². The molecule has 0 amide bonds. The smallest absolute Gasteiger partial charge is 0.205 e. The maximum absolute atomic E-state index is 14.2. The van der Waals surface area contributed by atoms with E-state index in [1.165, 1.54) is 11.1 Å². The average Bonchev–Trinajstić information content (AvgIpc) is 2.69. The highest BCUT2D eigenvalue weighted by Gasteiger charge is 2.32. The van der Waals surface area contributed by atoms with Crippen LogP contribution in [0.15, 0.2) is 84.9 Å². The summed E-state index contributed by atoms with van der Waals surface area (Å²) >= 11 is 0. The fraction of sp³-hybridized carbons (Fsp3) is 0.182. The highest BCUT2D eigenvalue weighted by atomic mass is 31.2. The molecular weight excluding hydrogens is 325 g/mol. The second kappa shape index (κ2) is 7.00. The van der Waals surface area contributed by atoms with Gasteiger partial charge in [-0.1, -0.05) is 60.7 Å². The molecule has 3 aromatic rings. The number of hydrogen-bond acceptors (Lipinski definition) is 1. The number of rotatable bonds is 4. The average molecular weight is 347 g/mol. The summed E-state index contributed by atoms with van der Waals surface area (Å²) in [5.74, 6) is 0. The first kappa shape index (κ1) is 16.3. The summed E-state index contributed by atoms with van der Waals surface area (Å²) in [6, 6.07) is 28.3. The largest absolute Gasteiger partial charge is 0.297 e. The van der Waals surface area contributed by atoms with E-state index in [0.29, 0.717) is 0 Å². The topological polar surface area (TPSA) is 29.1 Å². The summed E-state index contributed by atoms with van der Waals surface area (Å²) in [4.78, 5) is 0. The molecule has 3 heteroatoms. The number of fused-ring (bicyclic) bond motifs is 1. The Morgan fingerprint density at radius 3 is 1.96 bits per heavy atom. The Balaban J connectivity index is 1.78. The van der Waals surface area contributed by atoms with Crippen molar-refractivity contribution in [3.8, 4) is 0 Å². The Morgan fingerprint density at radius 1 is 0.760 bits per heavy atom. The lowest BCUT2D eigenvalue weighted by atomic mass is 9.88. The van der Waals surface area contributed by atoms with Crippen LogP contribution >= 0.6 is 7.29 Å². The summed E-state index contributed by atoms with van der Waals surface area (Å²) in [7, 11) is -2.90. The number of aryl methyl sites for hydroxylation is 1. The molecule has 0 fully saturated rings. The van der Waals surface area contributed by atoms with Gasteiger partial charge in [0.05, 0.1) is 0 Å². The minimum absolute atomic E-state index is 0.121. The molecule has 1 N–H and O–H groups in total. The van der Waals surface area contributed by atoms with Crippen LogP contribution in [0.1, 0.15) is 30.0 Å². The molecule has 2 nitrogen and oxygen atoms in total. The Labute approximate surface area is 149 Å². The zero-order chi connectivity index (χ0) is 17.1. The normalized spacial score (nSPS) is 17.0. The molecule has 126 valence electrons. The minimum Gasteiger partial charge on any atom is -0.297 e. The van der Waals surface area contributed by atoms with Gasteiger partial charge in [0.1, 0.15) is 0 Å². The lowest BCUT2D eigenvalue weighted by Gasteiger charge is -2.31. The van der Waals surface area contributed by atoms with Crippen LogP contribution in [0, 0.1) is 0 Å². The van der Waals surface area contributed by atoms with Gasteiger partial charge in [-0.05, 0) is 54.7 Å². The molecule has 0 aromatic heterocycles. The second-order valence-electron chi connectivity index (χ2n) is 6.55. The van der Waals surface area contributed by atoms with Gasteiger partial charge in [-0.15, -0.1) is 0 Å². The van der Waals surface area contributed by atoms with Crippen molar-refractivity contribution in [1.29, 1.82) is 0 Å². The molecule has 1 atom stereocenters. The van der Waals surface area contributed by atoms with Gasteiger partial charge in [-0.2, -0.15) is 0 Å². The van der Waals surface area contributed by atoms with Crippen molar-refractivity contribution in [3.63, 3.8) is 0 Å². The maximum atomic E-state index is 14.2. The van der Waals surface area contributed by atoms with E-state index in [9.17, 15) is 4.57 Å². The predicted molar refractivity (Wildman–Crippen MR) is 105 cm³/mol. The maximum Gasteiger partial charge on any atom is 0.205 e. The van der Waals surface area contributed by atoms with E-state index in [1.807, 2.05) is 60.7 Å². The molecule has 0 saturated carbocycles. The van der Waals surface area contributed by atoms with Gasteiger partial charge in [0.15, 0.2) is 0 Å². The first-order chi connectivity index (χ1) is 12.3. The van der Waals surface area contributed by atoms with Crippen LogP contribution in [-0.2, 0) is 11.0 Å². The van der Waals surface area contributed by atoms with Crippen molar-refractivity contribution >= 4 is 17.9 Å². The highest BCUT2D eigenvalue weighted by Crippen LogP contribution is 2.44. The van der Waals surface area contributed by atoms with Crippen LogP contribution in [0.4, 0.5) is 0 Å². The van der Waals surface area contributed by atoms with E-state index < -0.39 is 7.29 Å². The second-order valence-corrected chi connectivity index (χ2v) is 9.06. The van der Waals surface area contributed by atoms with Gasteiger partial charge in [0, 0.05) is 16.7 Å². The molecular formula is C22H22NOP. The fourth-order valence-corrected chi connectivity index (χ4v) is 6.17. The summed E-state index contributed by atoms with van der Waals surface area (Å²) in [5, 5.41) is 5.31. The van der Waals surface area contributed by atoms with E-state index >= 15 is 0 Å². The molecule has 0 radical (unpaired) electrons. The quantitative estimate of drug-likeness (QED) is 0.700. The molecule has 0 unspecified atom stereocenters. The molecule has 0 bridgehead atoms. The van der Waals surface area contributed by atoms with Gasteiger partial charge in [0.25, 0.3) is 0 Å². The molecule has 0 aliphatic heterocycles. The van der Waals surface area contributed by atoms with E-state index in [4.69, 9.17) is 0 Å². The summed E-state index contributed by atoms with van der Waals surface area (Å²) in [6.45, 7) is 0. The van der Waals surface area contributed by atoms with Gasteiger partial charge in [-0.3, -0.25) is 9.65 Å². The van der Waals surface area contributed by atoms with Crippen LogP contribution in [-0.4, -0.2) is 0 Å². The molecule has 0 heterocycles. The van der Waals surface area contributed by atoms with Crippen molar-refractivity contribution < 1.29 is 4.57 Å². The number of hydrogen-bond donors (Lipinski definition) is 1. The summed E-state index contributed by atoms with van der Waals surface area (Å²) < 4.78 is 14.2. The number of benzene rings is 3. The molecule has 25 heavy (non-hydrogen) atoms. The van der Waals surface area contributed by atoms with Crippen LogP contribution < -0.4 is 15.7 Å². The van der Waals surface area contributed by atoms with Crippen molar-refractivity contribution in [2.75, 3.05) is 0 Å². The Kier molecular flexibility index (Phi) is 4.57. The molecule has 0 saturated heterocycles. The molecule has 1 aliphatic carbocycles. The lowest BCUT2D eigenvalue weighted by Crippen LogP contribution is -2.32. The van der Waals surface area contributed by atoms with Gasteiger partial charge < -0.3 is 0 Å². The van der Waals surface area contributed by atoms with E-state index in [2.05, 4.69) is 29.4 Å². The zero-order valence-corrected chi connectivity index (χ0v) is 15.0. The monoisotopic (exact) mass is 347 g/mol. The SMILES string of the molecule is O=P(N[C@@H]1CCCc2ccccc21)(c1ccccc1)c1ccccc1. The minimum atomic E-state index is -2.90.